The molecule has 0 spiro atoms. The molecule has 1 aromatic heterocycles. The highest BCUT2D eigenvalue weighted by molar-refractivity contribution is 5.91. The minimum Gasteiger partial charge on any atom is -0.422 e. The van der Waals surface area contributed by atoms with E-state index in [0.717, 1.165) is 0 Å². The summed E-state index contributed by atoms with van der Waals surface area (Å²) in [5, 5.41) is 0.615. The van der Waals surface area contributed by atoms with Crippen LogP contribution in [0.5, 0.6) is 11.5 Å². The van der Waals surface area contributed by atoms with Gasteiger partial charge in [0.2, 0.25) is 5.75 Å². The van der Waals surface area contributed by atoms with Gasteiger partial charge in [0, 0.05) is 24.3 Å². The van der Waals surface area contributed by atoms with Crippen molar-refractivity contribution in [2.45, 2.75) is 46.5 Å². The SMILES string of the molecule is CCCC(=O)Oc1ccc2c(C)cc(=O)oc2c1OC(=O)CCC. The zero-order valence-electron chi connectivity index (χ0n) is 14.0. The van der Waals surface area contributed by atoms with Crippen molar-refractivity contribution in [1.29, 1.82) is 0 Å². The Morgan fingerprint density at radius 3 is 2.29 bits per heavy atom. The number of hydrogen-bond acceptors (Lipinski definition) is 6. The highest BCUT2D eigenvalue weighted by Gasteiger charge is 2.20. The number of aryl methyl sites for hydroxylation is 1. The molecule has 0 radical (unpaired) electrons. The van der Waals surface area contributed by atoms with Crippen LogP contribution in [-0.2, 0) is 9.59 Å². The molecule has 0 bridgehead atoms. The van der Waals surface area contributed by atoms with Crippen LogP contribution in [-0.4, -0.2) is 11.9 Å². The molecule has 2 aromatic rings. The third-order valence-electron chi connectivity index (χ3n) is 3.39. The summed E-state index contributed by atoms with van der Waals surface area (Å²) >= 11 is 0. The Balaban J connectivity index is 2.57. The normalized spacial score (nSPS) is 10.6. The molecule has 0 atom stereocenters. The summed E-state index contributed by atoms with van der Waals surface area (Å²) in [6, 6.07) is 4.56. The molecule has 2 rings (SSSR count). The van der Waals surface area contributed by atoms with Gasteiger partial charge in [0.1, 0.15) is 0 Å². The van der Waals surface area contributed by atoms with Gasteiger partial charge in [-0.25, -0.2) is 4.79 Å². The van der Waals surface area contributed by atoms with E-state index < -0.39 is 17.6 Å². The first kappa shape index (κ1) is 17.7. The van der Waals surface area contributed by atoms with Gasteiger partial charge < -0.3 is 13.9 Å². The van der Waals surface area contributed by atoms with Crippen molar-refractivity contribution in [2.75, 3.05) is 0 Å². The van der Waals surface area contributed by atoms with Gasteiger partial charge in [-0.15, -0.1) is 0 Å². The number of carbonyl (C=O) groups excluding carboxylic acids is 2. The van der Waals surface area contributed by atoms with Crippen LogP contribution in [0, 0.1) is 6.92 Å². The molecule has 0 amide bonds. The molecule has 0 aliphatic rings. The van der Waals surface area contributed by atoms with E-state index in [0.29, 0.717) is 23.8 Å². The Kier molecular flexibility index (Phi) is 5.73. The number of rotatable bonds is 6. The molecule has 0 N–H and O–H groups in total. The van der Waals surface area contributed by atoms with Gasteiger partial charge in [0.25, 0.3) is 0 Å². The van der Waals surface area contributed by atoms with Crippen molar-refractivity contribution in [3.8, 4) is 11.5 Å². The van der Waals surface area contributed by atoms with E-state index in [1.165, 1.54) is 12.1 Å². The molecular formula is C18H20O6. The molecule has 1 aromatic carbocycles. The molecule has 6 nitrogen and oxygen atoms in total. The van der Waals surface area contributed by atoms with E-state index in [2.05, 4.69) is 0 Å². The monoisotopic (exact) mass is 332 g/mol. The molecule has 0 aliphatic carbocycles. The molecule has 0 saturated heterocycles. The molecule has 0 fully saturated rings. The van der Waals surface area contributed by atoms with Crippen molar-refractivity contribution >= 4 is 22.9 Å². The second-order valence-electron chi connectivity index (χ2n) is 5.47. The first-order chi connectivity index (χ1) is 11.5. The summed E-state index contributed by atoms with van der Waals surface area (Å²) in [4.78, 5) is 35.4. The summed E-state index contributed by atoms with van der Waals surface area (Å²) in [6.45, 7) is 5.45. The molecule has 24 heavy (non-hydrogen) atoms. The van der Waals surface area contributed by atoms with Gasteiger partial charge in [0.15, 0.2) is 11.3 Å². The van der Waals surface area contributed by atoms with E-state index in [4.69, 9.17) is 13.9 Å². The highest BCUT2D eigenvalue weighted by atomic mass is 16.6. The number of benzene rings is 1. The predicted octanol–water partition coefficient (Wildman–Crippen LogP) is 3.51. The Morgan fingerprint density at radius 2 is 1.67 bits per heavy atom. The van der Waals surface area contributed by atoms with Gasteiger partial charge in [-0.2, -0.15) is 0 Å². The van der Waals surface area contributed by atoms with Crippen molar-refractivity contribution in [2.24, 2.45) is 0 Å². The lowest BCUT2D eigenvalue weighted by Crippen LogP contribution is -2.12. The Bertz CT molecular complexity index is 818. The minimum absolute atomic E-state index is 0.0313. The third-order valence-corrected chi connectivity index (χ3v) is 3.39. The van der Waals surface area contributed by atoms with Gasteiger partial charge in [-0.05, 0) is 37.5 Å². The van der Waals surface area contributed by atoms with Crippen molar-refractivity contribution in [3.05, 3.63) is 34.2 Å². The molecule has 128 valence electrons. The third kappa shape index (κ3) is 4.01. The van der Waals surface area contributed by atoms with E-state index in [-0.39, 0.29) is 29.9 Å². The Morgan fingerprint density at radius 1 is 1.04 bits per heavy atom. The van der Waals surface area contributed by atoms with Crippen LogP contribution in [0.1, 0.15) is 45.1 Å². The molecule has 0 aliphatic heterocycles. The number of carbonyl (C=O) groups is 2. The van der Waals surface area contributed by atoms with Crippen molar-refractivity contribution in [1.82, 2.24) is 0 Å². The molecule has 1 heterocycles. The van der Waals surface area contributed by atoms with E-state index in [1.807, 2.05) is 13.8 Å². The van der Waals surface area contributed by atoms with Gasteiger partial charge >= 0.3 is 17.6 Å². The van der Waals surface area contributed by atoms with Crippen LogP contribution in [0.3, 0.4) is 0 Å². The fourth-order valence-corrected chi connectivity index (χ4v) is 2.26. The maximum absolute atomic E-state index is 11.9. The Hall–Kier alpha value is -2.63. The van der Waals surface area contributed by atoms with Crippen molar-refractivity contribution in [3.63, 3.8) is 0 Å². The zero-order chi connectivity index (χ0) is 17.7. The smallest absolute Gasteiger partial charge is 0.336 e. The average Bonchev–Trinajstić information content (AvgIpc) is 2.50. The summed E-state index contributed by atoms with van der Waals surface area (Å²) in [5.74, 6) is -0.892. The fourth-order valence-electron chi connectivity index (χ4n) is 2.26. The predicted molar refractivity (Wildman–Crippen MR) is 88.3 cm³/mol. The fraction of sp³-hybridized carbons (Fsp3) is 0.389. The lowest BCUT2D eigenvalue weighted by atomic mass is 10.1. The van der Waals surface area contributed by atoms with Crippen LogP contribution in [0.15, 0.2) is 27.4 Å². The first-order valence-electron chi connectivity index (χ1n) is 7.95. The average molecular weight is 332 g/mol. The molecule has 0 saturated carbocycles. The lowest BCUT2D eigenvalue weighted by molar-refractivity contribution is -0.137. The zero-order valence-corrected chi connectivity index (χ0v) is 14.0. The second kappa shape index (κ2) is 7.77. The summed E-state index contributed by atoms with van der Waals surface area (Å²) in [5.41, 5.74) is 0.219. The number of hydrogen-bond donors (Lipinski definition) is 0. The Labute approximate surface area is 139 Å². The second-order valence-corrected chi connectivity index (χ2v) is 5.47. The van der Waals surface area contributed by atoms with E-state index >= 15 is 0 Å². The topological polar surface area (TPSA) is 82.8 Å². The highest BCUT2D eigenvalue weighted by Crippen LogP contribution is 2.36. The van der Waals surface area contributed by atoms with Crippen LogP contribution in [0.4, 0.5) is 0 Å². The van der Waals surface area contributed by atoms with E-state index in [1.54, 1.807) is 13.0 Å². The van der Waals surface area contributed by atoms with Gasteiger partial charge in [0.05, 0.1) is 0 Å². The minimum atomic E-state index is -0.565. The van der Waals surface area contributed by atoms with Crippen LogP contribution < -0.4 is 15.1 Å². The first-order valence-corrected chi connectivity index (χ1v) is 7.95. The van der Waals surface area contributed by atoms with Crippen molar-refractivity contribution < 1.29 is 23.5 Å². The number of fused-ring (bicyclic) bond motifs is 1. The number of esters is 2. The maximum atomic E-state index is 11.9. The van der Waals surface area contributed by atoms with E-state index in [9.17, 15) is 14.4 Å². The van der Waals surface area contributed by atoms with Crippen LogP contribution in [0.2, 0.25) is 0 Å². The molecular weight excluding hydrogens is 312 g/mol. The number of ether oxygens (including phenoxy) is 2. The summed E-state index contributed by atoms with van der Waals surface area (Å²) in [6.07, 6.45) is 1.68. The van der Waals surface area contributed by atoms with Crippen LogP contribution in [0.25, 0.3) is 11.0 Å². The standard InChI is InChI=1S/C18H20O6/c1-4-6-14(19)22-13-9-8-12-11(3)10-16(21)24-17(12)18(13)23-15(20)7-5-2/h8-10H,4-7H2,1-3H3. The maximum Gasteiger partial charge on any atom is 0.336 e. The molecule has 6 heteroatoms. The summed E-state index contributed by atoms with van der Waals surface area (Å²) in [7, 11) is 0. The molecule has 0 unspecified atom stereocenters. The quantitative estimate of drug-likeness (QED) is 0.457. The van der Waals surface area contributed by atoms with Gasteiger partial charge in [-0.3, -0.25) is 9.59 Å². The largest absolute Gasteiger partial charge is 0.422 e. The lowest BCUT2D eigenvalue weighted by Gasteiger charge is -2.12. The summed E-state index contributed by atoms with van der Waals surface area (Å²) < 4.78 is 15.8. The van der Waals surface area contributed by atoms with Crippen LogP contribution >= 0.6 is 0 Å². The van der Waals surface area contributed by atoms with Gasteiger partial charge in [-0.1, -0.05) is 13.8 Å².